The fraction of sp³-hybridized carbons (Fsp3) is 0.385. The summed E-state index contributed by atoms with van der Waals surface area (Å²) in [5.74, 6) is -0.0874. The first-order valence-electron chi connectivity index (χ1n) is 5.83. The number of para-hydroxylation sites is 1. The molecule has 1 amide bonds. The Kier molecular flexibility index (Phi) is 3.62. The van der Waals surface area contributed by atoms with Crippen LogP contribution in [0.25, 0.3) is 11.0 Å². The number of carbonyl (C=O) groups excluding carboxylic acids is 1. The van der Waals surface area contributed by atoms with Crippen molar-refractivity contribution in [2.45, 2.75) is 19.4 Å². The second-order valence-corrected chi connectivity index (χ2v) is 4.34. The molecule has 0 aliphatic carbocycles. The zero-order chi connectivity index (χ0) is 13.1. The molecule has 1 aromatic heterocycles. The van der Waals surface area contributed by atoms with E-state index in [0.29, 0.717) is 11.3 Å². The van der Waals surface area contributed by atoms with Crippen LogP contribution in [0.1, 0.15) is 12.6 Å². The molecule has 96 valence electrons. The van der Waals surface area contributed by atoms with E-state index in [9.17, 15) is 4.79 Å². The number of nitrogens with zero attached hydrogens (tertiary/aromatic N) is 2. The largest absolute Gasteiger partial charge is 0.394 e. The highest BCUT2D eigenvalue weighted by molar-refractivity contribution is 5.86. The van der Waals surface area contributed by atoms with E-state index in [4.69, 9.17) is 9.63 Å². The minimum absolute atomic E-state index is 0.0538. The van der Waals surface area contributed by atoms with Gasteiger partial charge in [-0.25, -0.2) is 0 Å². The Morgan fingerprint density at radius 3 is 2.94 bits per heavy atom. The van der Waals surface area contributed by atoms with Crippen LogP contribution in [0.5, 0.6) is 0 Å². The van der Waals surface area contributed by atoms with Crippen LogP contribution in [0.2, 0.25) is 0 Å². The van der Waals surface area contributed by atoms with E-state index < -0.39 is 0 Å². The van der Waals surface area contributed by atoms with Gasteiger partial charge in [-0.05, 0) is 19.1 Å². The SMILES string of the molecule is CC(CO)N(C)C(=O)Cc1noc2ccccc12. The fourth-order valence-electron chi connectivity index (χ4n) is 1.70. The third-order valence-electron chi connectivity index (χ3n) is 3.09. The minimum atomic E-state index is -0.198. The van der Waals surface area contributed by atoms with Gasteiger partial charge in [-0.3, -0.25) is 4.79 Å². The summed E-state index contributed by atoms with van der Waals surface area (Å²) in [5.41, 5.74) is 1.31. The number of amides is 1. The maximum absolute atomic E-state index is 12.0. The summed E-state index contributed by atoms with van der Waals surface area (Å²) < 4.78 is 5.15. The molecule has 0 aliphatic heterocycles. The number of aliphatic hydroxyl groups is 1. The number of carbonyl (C=O) groups is 1. The van der Waals surface area contributed by atoms with Crippen LogP contribution in [-0.4, -0.2) is 40.8 Å². The predicted octanol–water partition coefficient (Wildman–Crippen LogP) is 1.21. The summed E-state index contributed by atoms with van der Waals surface area (Å²) >= 11 is 0. The van der Waals surface area contributed by atoms with Gasteiger partial charge in [0.1, 0.15) is 5.69 Å². The Balaban J connectivity index is 2.16. The molecule has 1 heterocycles. The lowest BCUT2D eigenvalue weighted by Gasteiger charge is -2.22. The lowest BCUT2D eigenvalue weighted by atomic mass is 10.1. The fourth-order valence-corrected chi connectivity index (χ4v) is 1.70. The molecule has 0 spiro atoms. The van der Waals surface area contributed by atoms with Gasteiger partial charge in [-0.15, -0.1) is 0 Å². The van der Waals surface area contributed by atoms with Crippen molar-refractivity contribution in [3.63, 3.8) is 0 Å². The molecule has 5 heteroatoms. The molecule has 2 aromatic rings. The molecule has 0 bridgehead atoms. The van der Waals surface area contributed by atoms with Crippen LogP contribution in [0.4, 0.5) is 0 Å². The molecule has 1 unspecified atom stereocenters. The number of benzene rings is 1. The van der Waals surface area contributed by atoms with Crippen LogP contribution < -0.4 is 0 Å². The standard InChI is InChI=1S/C13H16N2O3/c1-9(8-16)15(2)13(17)7-11-10-5-3-4-6-12(10)18-14-11/h3-6,9,16H,7-8H2,1-2H3. The Labute approximate surface area is 105 Å². The molecule has 1 atom stereocenters. The van der Waals surface area contributed by atoms with Crippen LogP contribution in [-0.2, 0) is 11.2 Å². The van der Waals surface area contributed by atoms with Gasteiger partial charge in [-0.1, -0.05) is 17.3 Å². The average molecular weight is 248 g/mol. The maximum Gasteiger partial charge on any atom is 0.228 e. The number of aromatic nitrogens is 1. The topological polar surface area (TPSA) is 66.6 Å². The normalized spacial score (nSPS) is 12.6. The van der Waals surface area contributed by atoms with E-state index in [1.165, 1.54) is 4.90 Å². The molecule has 0 saturated carbocycles. The van der Waals surface area contributed by atoms with Crippen LogP contribution in [0.15, 0.2) is 28.8 Å². The highest BCUT2D eigenvalue weighted by Gasteiger charge is 2.18. The lowest BCUT2D eigenvalue weighted by molar-refractivity contribution is -0.131. The Morgan fingerprint density at radius 1 is 1.50 bits per heavy atom. The van der Waals surface area contributed by atoms with Crippen molar-refractivity contribution in [1.29, 1.82) is 0 Å². The van der Waals surface area contributed by atoms with E-state index in [1.54, 1.807) is 14.0 Å². The molecule has 0 saturated heterocycles. The van der Waals surface area contributed by atoms with Gasteiger partial charge in [-0.2, -0.15) is 0 Å². The van der Waals surface area contributed by atoms with Crippen molar-refractivity contribution in [2.75, 3.05) is 13.7 Å². The number of likely N-dealkylation sites (N-methyl/N-ethyl adjacent to an activating group) is 1. The van der Waals surface area contributed by atoms with Gasteiger partial charge in [0, 0.05) is 12.4 Å². The predicted molar refractivity (Wildman–Crippen MR) is 67.0 cm³/mol. The third kappa shape index (κ3) is 2.36. The lowest BCUT2D eigenvalue weighted by Crippen LogP contribution is -2.38. The summed E-state index contributed by atoms with van der Waals surface area (Å²) in [5, 5.41) is 13.8. The molecule has 1 N–H and O–H groups in total. The van der Waals surface area contributed by atoms with Crippen molar-refractivity contribution in [3.05, 3.63) is 30.0 Å². The van der Waals surface area contributed by atoms with Gasteiger partial charge >= 0.3 is 0 Å². The minimum Gasteiger partial charge on any atom is -0.394 e. The smallest absolute Gasteiger partial charge is 0.228 e. The molecular formula is C13H16N2O3. The number of aliphatic hydroxyl groups excluding tert-OH is 1. The first-order valence-corrected chi connectivity index (χ1v) is 5.83. The molecule has 2 rings (SSSR count). The number of fused-ring (bicyclic) bond motifs is 1. The summed E-state index contributed by atoms with van der Waals surface area (Å²) in [6, 6.07) is 7.24. The highest BCUT2D eigenvalue weighted by atomic mass is 16.5. The molecule has 0 fully saturated rings. The zero-order valence-corrected chi connectivity index (χ0v) is 10.5. The maximum atomic E-state index is 12.0. The molecule has 0 radical (unpaired) electrons. The van der Waals surface area contributed by atoms with E-state index in [-0.39, 0.29) is 25.0 Å². The average Bonchev–Trinajstić information content (AvgIpc) is 2.80. The van der Waals surface area contributed by atoms with Crippen molar-refractivity contribution in [2.24, 2.45) is 0 Å². The summed E-state index contributed by atoms with van der Waals surface area (Å²) in [7, 11) is 1.67. The Bertz CT molecular complexity index is 550. The van der Waals surface area contributed by atoms with Crippen molar-refractivity contribution < 1.29 is 14.4 Å². The van der Waals surface area contributed by atoms with Crippen molar-refractivity contribution >= 4 is 16.9 Å². The van der Waals surface area contributed by atoms with Gasteiger partial charge in [0.25, 0.3) is 0 Å². The van der Waals surface area contributed by atoms with Crippen LogP contribution >= 0.6 is 0 Å². The Morgan fingerprint density at radius 2 is 2.22 bits per heavy atom. The highest BCUT2D eigenvalue weighted by Crippen LogP contribution is 2.18. The van der Waals surface area contributed by atoms with E-state index in [2.05, 4.69) is 5.16 Å². The monoisotopic (exact) mass is 248 g/mol. The molecule has 1 aromatic carbocycles. The summed E-state index contributed by atoms with van der Waals surface area (Å²) in [4.78, 5) is 13.5. The third-order valence-corrected chi connectivity index (χ3v) is 3.09. The number of rotatable bonds is 4. The molecule has 0 aliphatic rings. The summed E-state index contributed by atoms with van der Waals surface area (Å²) in [6.45, 7) is 1.74. The summed E-state index contributed by atoms with van der Waals surface area (Å²) in [6.07, 6.45) is 0.178. The molecule has 18 heavy (non-hydrogen) atoms. The quantitative estimate of drug-likeness (QED) is 0.883. The Hall–Kier alpha value is -1.88. The number of hydrogen-bond donors (Lipinski definition) is 1. The van der Waals surface area contributed by atoms with E-state index in [1.807, 2.05) is 24.3 Å². The van der Waals surface area contributed by atoms with Crippen molar-refractivity contribution in [1.82, 2.24) is 10.1 Å². The van der Waals surface area contributed by atoms with Gasteiger partial charge in [0.2, 0.25) is 5.91 Å². The van der Waals surface area contributed by atoms with Gasteiger partial charge in [0.15, 0.2) is 5.58 Å². The second-order valence-electron chi connectivity index (χ2n) is 4.34. The van der Waals surface area contributed by atoms with E-state index >= 15 is 0 Å². The molecular weight excluding hydrogens is 232 g/mol. The van der Waals surface area contributed by atoms with Gasteiger partial charge < -0.3 is 14.5 Å². The van der Waals surface area contributed by atoms with Gasteiger partial charge in [0.05, 0.1) is 19.1 Å². The van der Waals surface area contributed by atoms with Crippen LogP contribution in [0, 0.1) is 0 Å². The molecule has 5 nitrogen and oxygen atoms in total. The number of hydrogen-bond acceptors (Lipinski definition) is 4. The zero-order valence-electron chi connectivity index (χ0n) is 10.5. The first kappa shape index (κ1) is 12.6. The van der Waals surface area contributed by atoms with E-state index in [0.717, 1.165) is 5.39 Å². The first-order chi connectivity index (χ1) is 8.63. The van der Waals surface area contributed by atoms with Crippen LogP contribution in [0.3, 0.4) is 0 Å². The van der Waals surface area contributed by atoms with Crippen molar-refractivity contribution in [3.8, 4) is 0 Å². The second kappa shape index (κ2) is 5.18.